The van der Waals surface area contributed by atoms with Gasteiger partial charge in [-0.2, -0.15) is 0 Å². The number of methoxy groups -OCH3 is 1. The highest BCUT2D eigenvalue weighted by Gasteiger charge is 2.33. The highest BCUT2D eigenvalue weighted by atomic mass is 32.1. The van der Waals surface area contributed by atoms with E-state index in [1.54, 1.807) is 23.0 Å². The molecule has 0 unspecified atom stereocenters. The zero-order valence-corrected chi connectivity index (χ0v) is 19.6. The number of ether oxygens (including phenoxy) is 3. The number of fused-ring (bicyclic) bond motifs is 1. The van der Waals surface area contributed by atoms with Gasteiger partial charge in [0.1, 0.15) is 17.4 Å². The van der Waals surface area contributed by atoms with Gasteiger partial charge in [0.25, 0.3) is 5.91 Å². The Morgan fingerprint density at radius 1 is 1.03 bits per heavy atom. The summed E-state index contributed by atoms with van der Waals surface area (Å²) in [5.74, 6) is 1.94. The minimum atomic E-state index is -0.663. The number of hydrogen-bond acceptors (Lipinski definition) is 7. The number of amides is 2. The van der Waals surface area contributed by atoms with Gasteiger partial charge >= 0.3 is 0 Å². The van der Waals surface area contributed by atoms with Crippen LogP contribution in [0.15, 0.2) is 53.9 Å². The lowest BCUT2D eigenvalue weighted by molar-refractivity contribution is -0.146. The second kappa shape index (κ2) is 9.72. The Kier molecular flexibility index (Phi) is 6.35. The van der Waals surface area contributed by atoms with E-state index in [2.05, 4.69) is 4.98 Å². The zero-order valence-electron chi connectivity index (χ0n) is 18.8. The van der Waals surface area contributed by atoms with E-state index in [-0.39, 0.29) is 24.8 Å². The number of para-hydroxylation sites is 2. The summed E-state index contributed by atoms with van der Waals surface area (Å²) in [6.07, 6.45) is -0.416. The van der Waals surface area contributed by atoms with Crippen molar-refractivity contribution in [3.8, 4) is 27.8 Å². The highest BCUT2D eigenvalue weighted by molar-refractivity contribution is 7.13. The fraction of sp³-hybridized carbons (Fsp3) is 0.320. The number of nitrogens with zero attached hydrogens (tertiary/aromatic N) is 3. The van der Waals surface area contributed by atoms with Crippen LogP contribution < -0.4 is 14.2 Å². The van der Waals surface area contributed by atoms with E-state index < -0.39 is 6.10 Å². The summed E-state index contributed by atoms with van der Waals surface area (Å²) >= 11 is 1.52. The van der Waals surface area contributed by atoms with Crippen LogP contribution in [0.2, 0.25) is 0 Å². The van der Waals surface area contributed by atoms with E-state index in [9.17, 15) is 9.59 Å². The summed E-state index contributed by atoms with van der Waals surface area (Å²) in [5.41, 5.74) is 1.75. The maximum Gasteiger partial charge on any atom is 0.267 e. The molecule has 1 aromatic heterocycles. The Balaban J connectivity index is 1.13. The first kappa shape index (κ1) is 22.2. The average molecular weight is 480 g/mol. The van der Waals surface area contributed by atoms with Crippen molar-refractivity contribution in [2.24, 2.45) is 0 Å². The SMILES string of the molecule is COc1ccc(-c2nc(CC(=O)N3CCN(C(=O)[C@H]4COc5ccccc5O4)CC3)cs2)cc1. The van der Waals surface area contributed by atoms with Crippen molar-refractivity contribution in [3.63, 3.8) is 0 Å². The normalized spacial score (nSPS) is 17.4. The molecule has 9 heteroatoms. The van der Waals surface area contributed by atoms with Gasteiger partial charge in [-0.05, 0) is 36.4 Å². The molecular weight excluding hydrogens is 454 g/mol. The standard InChI is InChI=1S/C25H25N3O5S/c1-31-19-8-6-17(7-9-19)24-26-18(16-34-24)14-23(29)27-10-12-28(13-11-27)25(30)22-15-32-20-4-2-3-5-21(20)33-22/h2-9,16,22H,10-15H2,1H3/t22-/m1/s1. The Labute approximate surface area is 201 Å². The highest BCUT2D eigenvalue weighted by Crippen LogP contribution is 2.31. The molecule has 34 heavy (non-hydrogen) atoms. The van der Waals surface area contributed by atoms with Gasteiger partial charge in [-0.3, -0.25) is 9.59 Å². The first-order valence-electron chi connectivity index (χ1n) is 11.1. The molecule has 8 nitrogen and oxygen atoms in total. The van der Waals surface area contributed by atoms with Crippen LogP contribution in [0, 0.1) is 0 Å². The first-order chi connectivity index (χ1) is 16.6. The van der Waals surface area contributed by atoms with Crippen molar-refractivity contribution in [3.05, 3.63) is 59.6 Å². The second-order valence-corrected chi connectivity index (χ2v) is 8.98. The molecule has 0 radical (unpaired) electrons. The minimum absolute atomic E-state index is 0.0184. The van der Waals surface area contributed by atoms with Gasteiger partial charge in [-0.15, -0.1) is 11.3 Å². The predicted octanol–water partition coefficient (Wildman–Crippen LogP) is 2.87. The quantitative estimate of drug-likeness (QED) is 0.560. The third kappa shape index (κ3) is 4.70. The maximum absolute atomic E-state index is 12.9. The lowest BCUT2D eigenvalue weighted by Gasteiger charge is -2.37. The molecule has 2 aliphatic rings. The molecule has 2 amide bonds. The predicted molar refractivity (Wildman–Crippen MR) is 127 cm³/mol. The Bertz CT molecular complexity index is 1170. The van der Waals surface area contributed by atoms with Gasteiger partial charge in [0.15, 0.2) is 11.5 Å². The van der Waals surface area contributed by atoms with E-state index in [1.807, 2.05) is 47.8 Å². The van der Waals surface area contributed by atoms with Crippen molar-refractivity contribution < 1.29 is 23.8 Å². The van der Waals surface area contributed by atoms with Crippen molar-refractivity contribution in [1.29, 1.82) is 0 Å². The number of thiazole rings is 1. The van der Waals surface area contributed by atoms with Crippen LogP contribution >= 0.6 is 11.3 Å². The summed E-state index contributed by atoms with van der Waals surface area (Å²) in [6.45, 7) is 2.12. The number of piperazine rings is 1. The summed E-state index contributed by atoms with van der Waals surface area (Å²) in [5, 5.41) is 2.80. The molecule has 0 bridgehead atoms. The molecule has 0 spiro atoms. The fourth-order valence-corrected chi connectivity index (χ4v) is 4.87. The number of carbonyl (C=O) groups excluding carboxylic acids is 2. The Morgan fingerprint density at radius 2 is 1.74 bits per heavy atom. The van der Waals surface area contributed by atoms with Gasteiger partial charge in [-0.25, -0.2) is 4.98 Å². The van der Waals surface area contributed by atoms with Crippen LogP contribution in [0.25, 0.3) is 10.6 Å². The Hall–Kier alpha value is -3.59. The minimum Gasteiger partial charge on any atom is -0.497 e. The van der Waals surface area contributed by atoms with Gasteiger partial charge in [-0.1, -0.05) is 12.1 Å². The van der Waals surface area contributed by atoms with Gasteiger partial charge < -0.3 is 24.0 Å². The summed E-state index contributed by atoms with van der Waals surface area (Å²) in [7, 11) is 1.63. The van der Waals surface area contributed by atoms with Crippen LogP contribution in [-0.4, -0.2) is 72.6 Å². The summed E-state index contributed by atoms with van der Waals surface area (Å²) in [6, 6.07) is 15.0. The molecule has 1 saturated heterocycles. The van der Waals surface area contributed by atoms with Crippen LogP contribution in [-0.2, 0) is 16.0 Å². The van der Waals surface area contributed by atoms with Crippen molar-refractivity contribution >= 4 is 23.2 Å². The third-order valence-electron chi connectivity index (χ3n) is 5.95. The Morgan fingerprint density at radius 3 is 2.47 bits per heavy atom. The van der Waals surface area contributed by atoms with E-state index in [0.717, 1.165) is 22.0 Å². The van der Waals surface area contributed by atoms with Gasteiger partial charge in [0.05, 0.1) is 19.2 Å². The monoisotopic (exact) mass is 479 g/mol. The van der Waals surface area contributed by atoms with Gasteiger partial charge in [0.2, 0.25) is 12.0 Å². The number of hydrogen-bond donors (Lipinski definition) is 0. The van der Waals surface area contributed by atoms with E-state index in [4.69, 9.17) is 14.2 Å². The van der Waals surface area contributed by atoms with E-state index >= 15 is 0 Å². The molecule has 1 fully saturated rings. The van der Waals surface area contributed by atoms with Crippen LogP contribution in [0.3, 0.4) is 0 Å². The van der Waals surface area contributed by atoms with Crippen LogP contribution in [0.4, 0.5) is 0 Å². The lowest BCUT2D eigenvalue weighted by atomic mass is 10.2. The number of carbonyl (C=O) groups is 2. The molecule has 2 aromatic carbocycles. The molecule has 5 rings (SSSR count). The molecule has 0 aliphatic carbocycles. The molecule has 176 valence electrons. The molecule has 3 aromatic rings. The molecular formula is C25H25N3O5S. The summed E-state index contributed by atoms with van der Waals surface area (Å²) < 4.78 is 16.7. The zero-order chi connectivity index (χ0) is 23.5. The van der Waals surface area contributed by atoms with Crippen LogP contribution in [0.1, 0.15) is 5.69 Å². The molecule has 0 saturated carbocycles. The van der Waals surface area contributed by atoms with Crippen molar-refractivity contribution in [1.82, 2.24) is 14.8 Å². The smallest absolute Gasteiger partial charge is 0.267 e. The lowest BCUT2D eigenvalue weighted by Crippen LogP contribution is -2.55. The largest absolute Gasteiger partial charge is 0.497 e. The number of aromatic nitrogens is 1. The average Bonchev–Trinajstić information content (AvgIpc) is 3.36. The van der Waals surface area contributed by atoms with Crippen molar-refractivity contribution in [2.45, 2.75) is 12.5 Å². The topological polar surface area (TPSA) is 81.2 Å². The van der Waals surface area contributed by atoms with Crippen molar-refractivity contribution in [2.75, 3.05) is 39.9 Å². The number of benzene rings is 2. The fourth-order valence-electron chi connectivity index (χ4n) is 4.04. The number of rotatable bonds is 5. The molecule has 0 N–H and O–H groups in total. The molecule has 2 aliphatic heterocycles. The molecule has 3 heterocycles. The van der Waals surface area contributed by atoms with E-state index in [1.165, 1.54) is 11.3 Å². The first-order valence-corrected chi connectivity index (χ1v) is 12.0. The third-order valence-corrected chi connectivity index (χ3v) is 6.89. The maximum atomic E-state index is 12.9. The van der Waals surface area contributed by atoms with Gasteiger partial charge in [0, 0.05) is 37.1 Å². The summed E-state index contributed by atoms with van der Waals surface area (Å²) in [4.78, 5) is 33.9. The molecule has 1 atom stereocenters. The van der Waals surface area contributed by atoms with Crippen LogP contribution in [0.5, 0.6) is 17.2 Å². The second-order valence-electron chi connectivity index (χ2n) is 8.12. The van der Waals surface area contributed by atoms with E-state index in [0.29, 0.717) is 37.7 Å².